The molecule has 0 saturated heterocycles. The first-order chi connectivity index (χ1) is 9.02. The number of aliphatic carboxylic acids is 1. The number of carboxylic acids is 1. The average Bonchev–Trinajstić information content (AvgIpc) is 2.84. The molecule has 1 aromatic heterocycles. The Bertz CT molecular complexity index is 448. The summed E-state index contributed by atoms with van der Waals surface area (Å²) in [6.07, 6.45) is 4.35. The minimum atomic E-state index is -1.09. The van der Waals surface area contributed by atoms with Crippen molar-refractivity contribution in [3.05, 3.63) is 18.0 Å². The van der Waals surface area contributed by atoms with Crippen molar-refractivity contribution in [3.8, 4) is 0 Å². The normalized spacial score (nSPS) is 26.9. The van der Waals surface area contributed by atoms with Gasteiger partial charge in [-0.25, -0.2) is 4.79 Å². The molecule has 1 saturated carbocycles. The Hall–Kier alpha value is -1.85. The molecule has 0 bridgehead atoms. The predicted molar refractivity (Wildman–Crippen MR) is 68.4 cm³/mol. The first kappa shape index (κ1) is 13.6. The number of rotatable bonds is 4. The van der Waals surface area contributed by atoms with E-state index in [-0.39, 0.29) is 12.3 Å². The number of amides is 1. The van der Waals surface area contributed by atoms with Gasteiger partial charge in [0, 0.05) is 11.9 Å². The molecule has 6 heteroatoms. The van der Waals surface area contributed by atoms with E-state index in [0.717, 1.165) is 12.8 Å². The number of nitrogens with zero attached hydrogens (tertiary/aromatic N) is 1. The Morgan fingerprint density at radius 2 is 2.21 bits per heavy atom. The van der Waals surface area contributed by atoms with Crippen LogP contribution in [0.5, 0.6) is 0 Å². The lowest BCUT2D eigenvalue weighted by Crippen LogP contribution is -2.56. The van der Waals surface area contributed by atoms with Crippen molar-refractivity contribution in [2.75, 3.05) is 0 Å². The van der Waals surface area contributed by atoms with Crippen molar-refractivity contribution in [1.29, 1.82) is 0 Å². The minimum Gasteiger partial charge on any atom is -0.480 e. The molecule has 1 aromatic rings. The van der Waals surface area contributed by atoms with Gasteiger partial charge in [0.15, 0.2) is 0 Å². The highest BCUT2D eigenvalue weighted by Crippen LogP contribution is 2.32. The van der Waals surface area contributed by atoms with Crippen molar-refractivity contribution in [2.45, 2.75) is 44.6 Å². The summed E-state index contributed by atoms with van der Waals surface area (Å²) in [6.45, 7) is 2.11. The van der Waals surface area contributed by atoms with Crippen LogP contribution in [-0.4, -0.2) is 32.7 Å². The van der Waals surface area contributed by atoms with E-state index in [0.29, 0.717) is 24.5 Å². The Morgan fingerprint density at radius 1 is 1.53 bits per heavy atom. The Kier molecular flexibility index (Phi) is 3.87. The number of hydrogen-bond donors (Lipinski definition) is 3. The summed E-state index contributed by atoms with van der Waals surface area (Å²) in [6, 6.07) is 1.70. The molecule has 1 aliphatic carbocycles. The van der Waals surface area contributed by atoms with Crippen LogP contribution in [0.15, 0.2) is 12.3 Å². The van der Waals surface area contributed by atoms with Gasteiger partial charge in [-0.2, -0.15) is 5.10 Å². The molecule has 0 atom stereocenters. The van der Waals surface area contributed by atoms with E-state index >= 15 is 0 Å². The number of aromatic nitrogens is 2. The van der Waals surface area contributed by atoms with E-state index < -0.39 is 11.5 Å². The Morgan fingerprint density at radius 3 is 2.74 bits per heavy atom. The largest absolute Gasteiger partial charge is 0.480 e. The van der Waals surface area contributed by atoms with Gasteiger partial charge in [-0.05, 0) is 37.7 Å². The lowest BCUT2D eigenvalue weighted by molar-refractivity contribution is -0.149. The predicted octanol–water partition coefficient (Wildman–Crippen LogP) is 1.10. The third-order valence-electron chi connectivity index (χ3n) is 3.83. The van der Waals surface area contributed by atoms with E-state index in [1.165, 1.54) is 0 Å². The number of carbonyl (C=O) groups is 2. The zero-order valence-electron chi connectivity index (χ0n) is 11.0. The van der Waals surface area contributed by atoms with E-state index in [1.807, 2.05) is 0 Å². The quantitative estimate of drug-likeness (QED) is 0.759. The molecule has 2 rings (SSSR count). The van der Waals surface area contributed by atoms with E-state index in [2.05, 4.69) is 22.4 Å². The van der Waals surface area contributed by atoms with Crippen LogP contribution in [0.25, 0.3) is 0 Å². The zero-order valence-corrected chi connectivity index (χ0v) is 11.0. The first-order valence-electron chi connectivity index (χ1n) is 6.54. The average molecular weight is 265 g/mol. The number of H-pyrrole nitrogens is 1. The summed E-state index contributed by atoms with van der Waals surface area (Å²) in [5, 5.41) is 18.6. The molecular formula is C13H19N3O3. The van der Waals surface area contributed by atoms with Gasteiger partial charge in [0.25, 0.3) is 0 Å². The summed E-state index contributed by atoms with van der Waals surface area (Å²) < 4.78 is 0. The molecule has 3 N–H and O–H groups in total. The summed E-state index contributed by atoms with van der Waals surface area (Å²) in [7, 11) is 0. The molecule has 1 heterocycles. The Labute approximate surface area is 111 Å². The molecular weight excluding hydrogens is 246 g/mol. The minimum absolute atomic E-state index is 0.130. The molecule has 0 unspecified atom stereocenters. The Balaban J connectivity index is 2.01. The van der Waals surface area contributed by atoms with Crippen molar-refractivity contribution in [3.63, 3.8) is 0 Å². The molecule has 0 aliphatic heterocycles. The van der Waals surface area contributed by atoms with Gasteiger partial charge in [-0.3, -0.25) is 9.89 Å². The summed E-state index contributed by atoms with van der Waals surface area (Å²) >= 11 is 0. The number of hydrogen-bond acceptors (Lipinski definition) is 3. The highest BCUT2D eigenvalue weighted by atomic mass is 16.4. The molecule has 19 heavy (non-hydrogen) atoms. The zero-order chi connectivity index (χ0) is 13.9. The number of carboxylic acid groups (broad SMARTS) is 1. The van der Waals surface area contributed by atoms with Gasteiger partial charge in [0.05, 0.1) is 6.42 Å². The third kappa shape index (κ3) is 3.13. The van der Waals surface area contributed by atoms with Gasteiger partial charge in [-0.15, -0.1) is 0 Å². The van der Waals surface area contributed by atoms with Crippen molar-refractivity contribution < 1.29 is 14.7 Å². The van der Waals surface area contributed by atoms with Crippen LogP contribution in [0.2, 0.25) is 0 Å². The monoisotopic (exact) mass is 265 g/mol. The summed E-state index contributed by atoms with van der Waals surface area (Å²) in [4.78, 5) is 23.4. The first-order valence-corrected chi connectivity index (χ1v) is 6.54. The fourth-order valence-electron chi connectivity index (χ4n) is 2.51. The van der Waals surface area contributed by atoms with Crippen LogP contribution in [-0.2, 0) is 16.0 Å². The molecule has 0 spiro atoms. The number of nitrogens with one attached hydrogen (secondary N) is 2. The van der Waals surface area contributed by atoms with Crippen LogP contribution >= 0.6 is 0 Å². The molecule has 0 radical (unpaired) electrons. The molecule has 1 fully saturated rings. The SMILES string of the molecule is CC1CCC(NC(=O)Cc2ccn[nH]2)(C(=O)O)CC1. The van der Waals surface area contributed by atoms with Crippen LogP contribution in [0.3, 0.4) is 0 Å². The highest BCUT2D eigenvalue weighted by Gasteiger charge is 2.42. The standard InChI is InChI=1S/C13H19N3O3/c1-9-2-5-13(6-3-9,12(18)19)15-11(17)8-10-4-7-14-16-10/h4,7,9H,2-3,5-6,8H2,1H3,(H,14,16)(H,15,17)(H,18,19). The van der Waals surface area contributed by atoms with E-state index in [1.54, 1.807) is 12.3 Å². The van der Waals surface area contributed by atoms with Crippen molar-refractivity contribution >= 4 is 11.9 Å². The van der Waals surface area contributed by atoms with Gasteiger partial charge < -0.3 is 10.4 Å². The molecule has 1 aliphatic rings. The lowest BCUT2D eigenvalue weighted by atomic mass is 9.77. The van der Waals surface area contributed by atoms with Crippen LogP contribution in [0, 0.1) is 5.92 Å². The summed E-state index contributed by atoms with van der Waals surface area (Å²) in [5.41, 5.74) is -0.411. The van der Waals surface area contributed by atoms with Crippen molar-refractivity contribution in [2.24, 2.45) is 5.92 Å². The van der Waals surface area contributed by atoms with Crippen molar-refractivity contribution in [1.82, 2.24) is 15.5 Å². The number of aromatic amines is 1. The van der Waals surface area contributed by atoms with Crippen LogP contribution < -0.4 is 5.32 Å². The topological polar surface area (TPSA) is 95.1 Å². The maximum Gasteiger partial charge on any atom is 0.329 e. The fourth-order valence-corrected chi connectivity index (χ4v) is 2.51. The maximum absolute atomic E-state index is 11.9. The number of carbonyl (C=O) groups excluding carboxylic acids is 1. The molecule has 1 amide bonds. The fraction of sp³-hybridized carbons (Fsp3) is 0.615. The molecule has 0 aromatic carbocycles. The summed E-state index contributed by atoms with van der Waals surface area (Å²) in [5.74, 6) is -0.685. The van der Waals surface area contributed by atoms with Crippen LogP contribution in [0.4, 0.5) is 0 Å². The lowest BCUT2D eigenvalue weighted by Gasteiger charge is -2.36. The van der Waals surface area contributed by atoms with Crippen LogP contribution in [0.1, 0.15) is 38.3 Å². The second-order valence-electron chi connectivity index (χ2n) is 5.38. The van der Waals surface area contributed by atoms with Gasteiger partial charge in [-0.1, -0.05) is 6.92 Å². The van der Waals surface area contributed by atoms with Gasteiger partial charge in [0.2, 0.25) is 5.91 Å². The van der Waals surface area contributed by atoms with E-state index in [9.17, 15) is 14.7 Å². The highest BCUT2D eigenvalue weighted by molar-refractivity contribution is 5.87. The van der Waals surface area contributed by atoms with E-state index in [4.69, 9.17) is 0 Å². The maximum atomic E-state index is 11.9. The smallest absolute Gasteiger partial charge is 0.329 e. The second kappa shape index (κ2) is 5.42. The third-order valence-corrected chi connectivity index (χ3v) is 3.83. The van der Waals surface area contributed by atoms with Gasteiger partial charge >= 0.3 is 5.97 Å². The van der Waals surface area contributed by atoms with Gasteiger partial charge in [0.1, 0.15) is 5.54 Å². The molecule has 6 nitrogen and oxygen atoms in total. The second-order valence-corrected chi connectivity index (χ2v) is 5.38. The molecule has 104 valence electrons.